The van der Waals surface area contributed by atoms with E-state index in [1.165, 1.54) is 12.1 Å². The lowest BCUT2D eigenvalue weighted by atomic mass is 10.0. The number of hydrogen-bond donors (Lipinski definition) is 1. The Labute approximate surface area is 194 Å². The van der Waals surface area contributed by atoms with Crippen molar-refractivity contribution >= 4 is 5.82 Å². The van der Waals surface area contributed by atoms with Crippen molar-refractivity contribution in [2.24, 2.45) is 0 Å². The zero-order chi connectivity index (χ0) is 23.2. The fourth-order valence-corrected chi connectivity index (χ4v) is 4.26. The quantitative estimate of drug-likeness (QED) is 0.568. The number of hydrogen-bond acceptors (Lipinski definition) is 6. The Morgan fingerprint density at radius 1 is 1.00 bits per heavy atom. The van der Waals surface area contributed by atoms with E-state index in [-0.39, 0.29) is 5.82 Å². The van der Waals surface area contributed by atoms with E-state index in [4.69, 9.17) is 14.7 Å². The SMILES string of the molecule is COC[C@@H](O)CN1CCN(c2nc(-c3ccccc3)nc(C)c2Cc2ccc(F)cc2)CC1. The van der Waals surface area contributed by atoms with Crippen molar-refractivity contribution in [1.29, 1.82) is 0 Å². The Bertz CT molecular complexity index is 1040. The summed E-state index contributed by atoms with van der Waals surface area (Å²) in [6, 6.07) is 16.6. The minimum Gasteiger partial charge on any atom is -0.389 e. The highest BCUT2D eigenvalue weighted by Gasteiger charge is 2.24. The maximum Gasteiger partial charge on any atom is 0.161 e. The van der Waals surface area contributed by atoms with Gasteiger partial charge in [0, 0.05) is 63.1 Å². The smallest absolute Gasteiger partial charge is 0.161 e. The van der Waals surface area contributed by atoms with Crippen LogP contribution in [0.4, 0.5) is 10.2 Å². The maximum absolute atomic E-state index is 13.4. The van der Waals surface area contributed by atoms with Crippen LogP contribution in [0.5, 0.6) is 0 Å². The second-order valence-electron chi connectivity index (χ2n) is 8.50. The number of aromatic nitrogens is 2. The van der Waals surface area contributed by atoms with Crippen LogP contribution in [-0.4, -0.2) is 72.5 Å². The van der Waals surface area contributed by atoms with E-state index in [1.807, 2.05) is 49.4 Å². The third kappa shape index (κ3) is 5.93. The highest BCUT2D eigenvalue weighted by Crippen LogP contribution is 2.28. The molecule has 0 saturated carbocycles. The summed E-state index contributed by atoms with van der Waals surface area (Å²) < 4.78 is 18.5. The number of ether oxygens (including phenoxy) is 1. The van der Waals surface area contributed by atoms with Gasteiger partial charge in [0.2, 0.25) is 0 Å². The van der Waals surface area contributed by atoms with Crippen LogP contribution in [0.15, 0.2) is 54.6 Å². The summed E-state index contributed by atoms with van der Waals surface area (Å²) in [6.45, 7) is 6.24. The van der Waals surface area contributed by atoms with Crippen LogP contribution in [0.25, 0.3) is 11.4 Å². The highest BCUT2D eigenvalue weighted by molar-refractivity contribution is 5.61. The number of rotatable bonds is 8. The van der Waals surface area contributed by atoms with E-state index < -0.39 is 6.10 Å². The lowest BCUT2D eigenvalue weighted by Gasteiger charge is -2.37. The predicted octanol–water partition coefficient (Wildman–Crippen LogP) is 3.31. The summed E-state index contributed by atoms with van der Waals surface area (Å²) >= 11 is 0. The zero-order valence-corrected chi connectivity index (χ0v) is 19.2. The molecule has 0 amide bonds. The Balaban J connectivity index is 1.61. The summed E-state index contributed by atoms with van der Waals surface area (Å²) in [6.07, 6.45) is 0.157. The molecule has 1 aliphatic heterocycles. The zero-order valence-electron chi connectivity index (χ0n) is 19.2. The molecule has 0 spiro atoms. The largest absolute Gasteiger partial charge is 0.389 e. The lowest BCUT2D eigenvalue weighted by molar-refractivity contribution is 0.0365. The Morgan fingerprint density at radius 2 is 1.70 bits per heavy atom. The first-order chi connectivity index (χ1) is 16.0. The van der Waals surface area contributed by atoms with E-state index in [0.29, 0.717) is 25.4 Å². The van der Waals surface area contributed by atoms with Gasteiger partial charge >= 0.3 is 0 Å². The second kappa shape index (κ2) is 10.8. The summed E-state index contributed by atoms with van der Waals surface area (Å²) in [7, 11) is 1.60. The van der Waals surface area contributed by atoms with Gasteiger partial charge in [0.05, 0.1) is 12.7 Å². The molecule has 1 saturated heterocycles. The Morgan fingerprint density at radius 3 is 2.36 bits per heavy atom. The fourth-order valence-electron chi connectivity index (χ4n) is 4.26. The molecule has 174 valence electrons. The number of halogens is 1. The Kier molecular flexibility index (Phi) is 7.65. The van der Waals surface area contributed by atoms with E-state index in [2.05, 4.69) is 9.80 Å². The average Bonchev–Trinajstić information content (AvgIpc) is 2.83. The van der Waals surface area contributed by atoms with Gasteiger partial charge in [0.15, 0.2) is 5.82 Å². The maximum atomic E-state index is 13.4. The van der Waals surface area contributed by atoms with Crippen molar-refractivity contribution in [2.45, 2.75) is 19.4 Å². The number of piperazine rings is 1. The van der Waals surface area contributed by atoms with Crippen molar-refractivity contribution < 1.29 is 14.2 Å². The molecule has 4 rings (SSSR count). The van der Waals surface area contributed by atoms with Crippen LogP contribution < -0.4 is 4.90 Å². The molecule has 1 aliphatic rings. The molecular weight excluding hydrogens is 419 g/mol. The van der Waals surface area contributed by atoms with E-state index in [0.717, 1.165) is 54.4 Å². The van der Waals surface area contributed by atoms with Gasteiger partial charge in [-0.25, -0.2) is 14.4 Å². The first-order valence-corrected chi connectivity index (χ1v) is 11.3. The van der Waals surface area contributed by atoms with Gasteiger partial charge in [-0.2, -0.15) is 0 Å². The molecule has 33 heavy (non-hydrogen) atoms. The van der Waals surface area contributed by atoms with Gasteiger partial charge in [-0.05, 0) is 24.6 Å². The first-order valence-electron chi connectivity index (χ1n) is 11.3. The molecule has 3 aromatic rings. The van der Waals surface area contributed by atoms with Crippen molar-refractivity contribution in [3.8, 4) is 11.4 Å². The predicted molar refractivity (Wildman–Crippen MR) is 128 cm³/mol. The first kappa shape index (κ1) is 23.3. The van der Waals surface area contributed by atoms with Crippen LogP contribution in [0.1, 0.15) is 16.8 Å². The molecule has 2 aromatic carbocycles. The molecule has 2 heterocycles. The highest BCUT2D eigenvalue weighted by atomic mass is 19.1. The van der Waals surface area contributed by atoms with Crippen molar-refractivity contribution in [3.05, 3.63) is 77.2 Å². The summed E-state index contributed by atoms with van der Waals surface area (Å²) in [5.74, 6) is 1.41. The van der Waals surface area contributed by atoms with Gasteiger partial charge in [-0.1, -0.05) is 42.5 Å². The molecule has 7 heteroatoms. The minimum atomic E-state index is -0.485. The molecule has 0 unspecified atom stereocenters. The van der Waals surface area contributed by atoms with Crippen LogP contribution in [0.3, 0.4) is 0 Å². The molecule has 6 nitrogen and oxygen atoms in total. The number of aliphatic hydroxyl groups is 1. The molecule has 1 fully saturated rings. The molecule has 1 atom stereocenters. The van der Waals surface area contributed by atoms with Gasteiger partial charge < -0.3 is 14.7 Å². The third-order valence-corrected chi connectivity index (χ3v) is 6.02. The van der Waals surface area contributed by atoms with E-state index in [9.17, 15) is 9.50 Å². The number of methoxy groups -OCH3 is 1. The monoisotopic (exact) mass is 450 g/mol. The van der Waals surface area contributed by atoms with Crippen molar-refractivity contribution in [2.75, 3.05) is 51.3 Å². The molecule has 0 bridgehead atoms. The molecule has 1 N–H and O–H groups in total. The fraction of sp³-hybridized carbons (Fsp3) is 0.385. The summed E-state index contributed by atoms with van der Waals surface area (Å²) in [5, 5.41) is 10.1. The molecule has 1 aromatic heterocycles. The number of aliphatic hydroxyl groups excluding tert-OH is 1. The summed E-state index contributed by atoms with van der Waals surface area (Å²) in [5.41, 5.74) is 4.00. The number of nitrogens with zero attached hydrogens (tertiary/aromatic N) is 4. The average molecular weight is 451 g/mol. The second-order valence-corrected chi connectivity index (χ2v) is 8.50. The molecule has 0 aliphatic carbocycles. The van der Waals surface area contributed by atoms with E-state index in [1.54, 1.807) is 7.11 Å². The van der Waals surface area contributed by atoms with Gasteiger partial charge in [-0.3, -0.25) is 4.90 Å². The van der Waals surface area contributed by atoms with Crippen LogP contribution >= 0.6 is 0 Å². The van der Waals surface area contributed by atoms with Gasteiger partial charge in [0.1, 0.15) is 11.6 Å². The number of β-amino-alcohol motifs (C(OH)–C–C–N with tert-alkyl or cyclic N) is 1. The normalized spacial score (nSPS) is 15.6. The standard InChI is InChI=1S/C26H31FN4O2/c1-19-24(16-20-8-10-22(27)11-9-20)26(29-25(28-19)21-6-4-3-5-7-21)31-14-12-30(13-15-31)17-23(32)18-33-2/h3-11,23,32H,12-18H2,1-2H3/t23-/m0/s1. The number of benzene rings is 2. The number of anilines is 1. The molecule has 0 radical (unpaired) electrons. The third-order valence-electron chi connectivity index (χ3n) is 6.02. The minimum absolute atomic E-state index is 0.238. The lowest BCUT2D eigenvalue weighted by Crippen LogP contribution is -2.49. The van der Waals surface area contributed by atoms with Crippen molar-refractivity contribution in [1.82, 2.24) is 14.9 Å². The van der Waals surface area contributed by atoms with E-state index >= 15 is 0 Å². The molecular formula is C26H31FN4O2. The Hall–Kier alpha value is -2.87. The van der Waals surface area contributed by atoms with Gasteiger partial charge in [0.25, 0.3) is 0 Å². The number of aryl methyl sites for hydroxylation is 1. The van der Waals surface area contributed by atoms with Gasteiger partial charge in [-0.15, -0.1) is 0 Å². The van der Waals surface area contributed by atoms with Crippen molar-refractivity contribution in [3.63, 3.8) is 0 Å². The van der Waals surface area contributed by atoms with Crippen LogP contribution in [-0.2, 0) is 11.2 Å². The topological polar surface area (TPSA) is 61.7 Å². The van der Waals surface area contributed by atoms with Crippen LogP contribution in [0, 0.1) is 12.7 Å². The summed E-state index contributed by atoms with van der Waals surface area (Å²) in [4.78, 5) is 14.4. The van der Waals surface area contributed by atoms with Crippen LogP contribution in [0.2, 0.25) is 0 Å².